The van der Waals surface area contributed by atoms with Crippen molar-refractivity contribution in [2.24, 2.45) is 5.73 Å². The van der Waals surface area contributed by atoms with E-state index in [4.69, 9.17) is 17.3 Å². The van der Waals surface area contributed by atoms with Gasteiger partial charge in [-0.05, 0) is 53.9 Å². The number of benzene rings is 3. The van der Waals surface area contributed by atoms with Crippen molar-refractivity contribution < 1.29 is 27.5 Å². The van der Waals surface area contributed by atoms with Crippen LogP contribution in [0.2, 0.25) is 5.02 Å². The quantitative estimate of drug-likeness (QED) is 0.512. The van der Waals surface area contributed by atoms with Crippen LogP contribution in [0.25, 0.3) is 22.3 Å². The maximum Gasteiger partial charge on any atom is 0.416 e. The van der Waals surface area contributed by atoms with Crippen molar-refractivity contribution in [3.8, 4) is 28.0 Å². The van der Waals surface area contributed by atoms with Crippen LogP contribution in [0.3, 0.4) is 0 Å². The second kappa shape index (κ2) is 7.40. The maximum atomic E-state index is 14.6. The van der Waals surface area contributed by atoms with E-state index < -0.39 is 34.8 Å². The van der Waals surface area contributed by atoms with Gasteiger partial charge < -0.3 is 10.8 Å². The lowest BCUT2D eigenvalue weighted by atomic mass is 9.86. The van der Waals surface area contributed by atoms with E-state index in [-0.39, 0.29) is 16.7 Å². The Morgan fingerprint density at radius 3 is 2.31 bits per heavy atom. The van der Waals surface area contributed by atoms with Gasteiger partial charge in [-0.2, -0.15) is 13.2 Å². The van der Waals surface area contributed by atoms with Crippen LogP contribution in [0.4, 0.5) is 17.6 Å². The van der Waals surface area contributed by atoms with Gasteiger partial charge in [0, 0.05) is 27.8 Å². The van der Waals surface area contributed by atoms with Gasteiger partial charge in [-0.25, -0.2) is 4.39 Å². The highest BCUT2D eigenvalue weighted by Crippen LogP contribution is 2.43. The smallest absolute Gasteiger partial charge is 0.416 e. The number of alkyl halides is 3. The lowest BCUT2D eigenvalue weighted by Gasteiger charge is -2.20. The van der Waals surface area contributed by atoms with Crippen molar-refractivity contribution in [2.45, 2.75) is 13.1 Å². The molecule has 150 valence electrons. The molecule has 0 heterocycles. The predicted molar refractivity (Wildman–Crippen MR) is 102 cm³/mol. The third-order valence-electron chi connectivity index (χ3n) is 4.51. The molecule has 29 heavy (non-hydrogen) atoms. The van der Waals surface area contributed by atoms with E-state index in [0.29, 0.717) is 22.2 Å². The average molecular weight is 424 g/mol. The maximum absolute atomic E-state index is 14.6. The number of nitrogens with two attached hydrogens (primary N) is 1. The van der Waals surface area contributed by atoms with Crippen molar-refractivity contribution in [2.75, 3.05) is 0 Å². The number of primary amides is 1. The highest BCUT2D eigenvalue weighted by Gasteiger charge is 2.34. The number of hydrogen-bond donors (Lipinski definition) is 2. The van der Waals surface area contributed by atoms with Crippen LogP contribution in [-0.2, 0) is 6.18 Å². The Kier molecular flexibility index (Phi) is 5.28. The number of carbonyl (C=O) groups excluding carboxylic acids is 1. The van der Waals surface area contributed by atoms with Gasteiger partial charge in [0.1, 0.15) is 11.6 Å². The molecule has 0 unspecified atom stereocenters. The molecule has 3 aromatic carbocycles. The summed E-state index contributed by atoms with van der Waals surface area (Å²) in [4.78, 5) is 12.1. The molecular weight excluding hydrogens is 410 g/mol. The third kappa shape index (κ3) is 3.91. The molecule has 0 aliphatic rings. The van der Waals surface area contributed by atoms with Crippen LogP contribution >= 0.6 is 11.6 Å². The number of carbonyl (C=O) groups is 1. The first-order chi connectivity index (χ1) is 13.5. The van der Waals surface area contributed by atoms with Gasteiger partial charge in [0.2, 0.25) is 5.91 Å². The van der Waals surface area contributed by atoms with Crippen LogP contribution in [0.5, 0.6) is 5.75 Å². The number of hydrogen-bond acceptors (Lipinski definition) is 2. The van der Waals surface area contributed by atoms with Crippen LogP contribution < -0.4 is 5.73 Å². The summed E-state index contributed by atoms with van der Waals surface area (Å²) in [6.07, 6.45) is -4.80. The van der Waals surface area contributed by atoms with E-state index in [2.05, 4.69) is 0 Å². The minimum atomic E-state index is -4.80. The van der Waals surface area contributed by atoms with Crippen molar-refractivity contribution in [3.05, 3.63) is 76.1 Å². The Balaban J connectivity index is 2.51. The Hall–Kier alpha value is -3.06. The standard InChI is InChI=1S/C21H14ClF4NO2/c1-10-13(3-2-4-17(10)22)19-15(14-6-5-12(28)9-18(14)23)7-11(21(24,25)26)8-16(19)20(27)29/h2-9,28H,1H3,(H2,27,29). The van der Waals surface area contributed by atoms with Gasteiger partial charge in [-0.3, -0.25) is 4.79 Å². The molecule has 0 atom stereocenters. The van der Waals surface area contributed by atoms with E-state index in [9.17, 15) is 27.5 Å². The zero-order valence-corrected chi connectivity index (χ0v) is 15.7. The number of phenols is 1. The van der Waals surface area contributed by atoms with Gasteiger partial charge in [-0.1, -0.05) is 23.7 Å². The van der Waals surface area contributed by atoms with E-state index in [1.165, 1.54) is 0 Å². The summed E-state index contributed by atoms with van der Waals surface area (Å²) in [7, 11) is 0. The first-order valence-electron chi connectivity index (χ1n) is 8.30. The first kappa shape index (κ1) is 20.7. The van der Waals surface area contributed by atoms with Crippen molar-refractivity contribution in [1.82, 2.24) is 0 Å². The second-order valence-electron chi connectivity index (χ2n) is 6.38. The molecule has 1 amide bonds. The van der Waals surface area contributed by atoms with Crippen LogP contribution in [-0.4, -0.2) is 11.0 Å². The third-order valence-corrected chi connectivity index (χ3v) is 4.92. The zero-order valence-electron chi connectivity index (χ0n) is 14.9. The molecule has 8 heteroatoms. The fourth-order valence-electron chi connectivity index (χ4n) is 3.10. The average Bonchev–Trinajstić information content (AvgIpc) is 2.62. The van der Waals surface area contributed by atoms with Crippen LogP contribution in [0.15, 0.2) is 48.5 Å². The lowest BCUT2D eigenvalue weighted by molar-refractivity contribution is -0.137. The summed E-state index contributed by atoms with van der Waals surface area (Å²) in [6, 6.07) is 9.12. The summed E-state index contributed by atoms with van der Waals surface area (Å²) in [5, 5.41) is 9.78. The van der Waals surface area contributed by atoms with Crippen molar-refractivity contribution in [1.29, 1.82) is 0 Å². The number of phenolic OH excluding ortho intramolecular Hbond substituents is 1. The summed E-state index contributed by atoms with van der Waals surface area (Å²) in [5.41, 5.74) is 4.22. The molecular formula is C21H14ClF4NO2. The van der Waals surface area contributed by atoms with Gasteiger partial charge in [0.05, 0.1) is 5.56 Å². The number of amides is 1. The Morgan fingerprint density at radius 1 is 1.03 bits per heavy atom. The molecule has 0 aliphatic carbocycles. The molecule has 3 aromatic rings. The SMILES string of the molecule is Cc1c(Cl)cccc1-c1c(C(N)=O)cc(C(F)(F)F)cc1-c1ccc(O)cc1F. The highest BCUT2D eigenvalue weighted by molar-refractivity contribution is 6.31. The monoisotopic (exact) mass is 423 g/mol. The highest BCUT2D eigenvalue weighted by atomic mass is 35.5. The lowest BCUT2D eigenvalue weighted by Crippen LogP contribution is -2.16. The number of rotatable bonds is 3. The summed E-state index contributed by atoms with van der Waals surface area (Å²) in [6.45, 7) is 1.62. The molecule has 0 spiro atoms. The molecule has 3 rings (SSSR count). The van der Waals surface area contributed by atoms with Gasteiger partial charge in [0.15, 0.2) is 0 Å². The molecule has 0 aliphatic heterocycles. The molecule has 3 nitrogen and oxygen atoms in total. The molecule has 0 bridgehead atoms. The van der Waals surface area contributed by atoms with Crippen molar-refractivity contribution in [3.63, 3.8) is 0 Å². The minimum absolute atomic E-state index is 0.0232. The number of aromatic hydroxyl groups is 1. The molecule has 0 saturated carbocycles. The zero-order chi connectivity index (χ0) is 21.5. The number of halogens is 5. The molecule has 0 aromatic heterocycles. The van der Waals surface area contributed by atoms with E-state index in [0.717, 1.165) is 24.3 Å². The predicted octanol–water partition coefficient (Wildman–Crippen LogP) is 5.94. The Morgan fingerprint density at radius 2 is 1.72 bits per heavy atom. The van der Waals surface area contributed by atoms with Crippen LogP contribution in [0.1, 0.15) is 21.5 Å². The van der Waals surface area contributed by atoms with Gasteiger partial charge >= 0.3 is 6.18 Å². The van der Waals surface area contributed by atoms with Gasteiger partial charge in [-0.15, -0.1) is 0 Å². The Labute approximate surface area is 168 Å². The molecule has 0 saturated heterocycles. The first-order valence-corrected chi connectivity index (χ1v) is 8.68. The largest absolute Gasteiger partial charge is 0.508 e. The molecule has 0 fully saturated rings. The second-order valence-corrected chi connectivity index (χ2v) is 6.79. The van der Waals surface area contributed by atoms with Gasteiger partial charge in [0.25, 0.3) is 0 Å². The van der Waals surface area contributed by atoms with Crippen LogP contribution in [0, 0.1) is 12.7 Å². The molecule has 3 N–H and O–H groups in total. The van der Waals surface area contributed by atoms with E-state index >= 15 is 0 Å². The molecule has 0 radical (unpaired) electrons. The topological polar surface area (TPSA) is 63.3 Å². The fraction of sp³-hybridized carbons (Fsp3) is 0.0952. The summed E-state index contributed by atoms with van der Waals surface area (Å²) >= 11 is 6.15. The normalized spacial score (nSPS) is 11.5. The fourth-order valence-corrected chi connectivity index (χ4v) is 3.28. The van der Waals surface area contributed by atoms with E-state index in [1.54, 1.807) is 25.1 Å². The van der Waals surface area contributed by atoms with Crippen molar-refractivity contribution >= 4 is 17.5 Å². The summed E-state index contributed by atoms with van der Waals surface area (Å²) in [5.74, 6) is -2.46. The summed E-state index contributed by atoms with van der Waals surface area (Å²) < 4.78 is 55.0. The van der Waals surface area contributed by atoms with E-state index in [1.807, 2.05) is 0 Å². The minimum Gasteiger partial charge on any atom is -0.508 e. The Bertz CT molecular complexity index is 1130.